The maximum Gasteiger partial charge on any atom is 1.00 e. The van der Waals surface area contributed by atoms with E-state index in [0.717, 1.165) is 19.3 Å². The van der Waals surface area contributed by atoms with Gasteiger partial charge in [0.1, 0.15) is 0 Å². The summed E-state index contributed by atoms with van der Waals surface area (Å²) in [5.74, 6) is 0. The van der Waals surface area contributed by atoms with Gasteiger partial charge >= 0.3 is 59.1 Å². The van der Waals surface area contributed by atoms with Crippen molar-refractivity contribution >= 4 is 7.82 Å². The number of rotatable bonds is 7. The zero-order chi connectivity index (χ0) is 10.3. The van der Waals surface area contributed by atoms with Crippen molar-refractivity contribution in [2.75, 3.05) is 0 Å². The number of hydrogen-bond acceptors (Lipinski definition) is 4. The van der Waals surface area contributed by atoms with Gasteiger partial charge < -0.3 is 18.9 Å². The topological polar surface area (TPSA) is 72.4 Å². The van der Waals surface area contributed by atoms with E-state index < -0.39 is 13.9 Å². The maximum atomic E-state index is 10.3. The minimum atomic E-state index is -4.79. The molecule has 1 atom stereocenters. The second kappa shape index (κ2) is 12.6. The van der Waals surface area contributed by atoms with Crippen molar-refractivity contribution in [1.29, 1.82) is 0 Å². The van der Waals surface area contributed by atoms with Gasteiger partial charge in [-0.25, -0.2) is 0 Å². The third kappa shape index (κ3) is 16.1. The molecular formula is C8H17Na2O4P. The third-order valence-corrected chi connectivity index (χ3v) is 2.42. The fourth-order valence-electron chi connectivity index (χ4n) is 1.14. The molecule has 15 heavy (non-hydrogen) atoms. The summed E-state index contributed by atoms with van der Waals surface area (Å²) in [6, 6.07) is 0. The molecule has 0 aliphatic carbocycles. The van der Waals surface area contributed by atoms with Gasteiger partial charge in [-0.2, -0.15) is 0 Å². The summed E-state index contributed by atoms with van der Waals surface area (Å²) >= 11 is 0. The minimum Gasteiger partial charge on any atom is -0.790 e. The number of hydrogen-bond donors (Lipinski definition) is 0. The van der Waals surface area contributed by atoms with E-state index in [1.54, 1.807) is 0 Å². The Labute approximate surface area is 136 Å². The molecule has 0 spiro atoms. The van der Waals surface area contributed by atoms with Crippen LogP contribution in [0.1, 0.15) is 46.0 Å². The molecule has 0 saturated heterocycles. The van der Waals surface area contributed by atoms with Crippen molar-refractivity contribution in [2.24, 2.45) is 0 Å². The molecule has 4 nitrogen and oxygen atoms in total. The molecule has 0 aromatic rings. The van der Waals surface area contributed by atoms with Crippen LogP contribution in [0.15, 0.2) is 0 Å². The van der Waals surface area contributed by atoms with E-state index in [1.165, 1.54) is 0 Å². The second-order valence-corrected chi connectivity index (χ2v) is 4.18. The fourth-order valence-corrected chi connectivity index (χ4v) is 1.76. The molecule has 0 aromatic carbocycles. The van der Waals surface area contributed by atoms with Crippen LogP contribution < -0.4 is 68.9 Å². The summed E-state index contributed by atoms with van der Waals surface area (Å²) in [5, 5.41) is 0. The predicted octanol–water partition coefficient (Wildman–Crippen LogP) is -4.80. The van der Waals surface area contributed by atoms with Gasteiger partial charge in [-0.3, -0.25) is 0 Å². The molecule has 0 N–H and O–H groups in total. The molecule has 0 amide bonds. The van der Waals surface area contributed by atoms with Crippen molar-refractivity contribution in [2.45, 2.75) is 52.1 Å². The van der Waals surface area contributed by atoms with Crippen LogP contribution in [-0.2, 0) is 9.09 Å². The van der Waals surface area contributed by atoms with Gasteiger partial charge in [0.2, 0.25) is 0 Å². The summed E-state index contributed by atoms with van der Waals surface area (Å²) < 4.78 is 14.7. The number of unbranched alkanes of at least 4 members (excludes halogenated alkanes) is 2. The Morgan fingerprint density at radius 3 is 2.07 bits per heavy atom. The Bertz CT molecular complexity index is 174. The zero-order valence-corrected chi connectivity index (χ0v) is 15.1. The van der Waals surface area contributed by atoms with Crippen LogP contribution in [0.3, 0.4) is 0 Å². The Morgan fingerprint density at radius 1 is 1.20 bits per heavy atom. The first-order valence-electron chi connectivity index (χ1n) is 4.70. The Morgan fingerprint density at radius 2 is 1.73 bits per heavy atom. The minimum absolute atomic E-state index is 0. The average molecular weight is 254 g/mol. The molecule has 0 saturated carbocycles. The molecule has 0 aliphatic rings. The van der Waals surface area contributed by atoms with Gasteiger partial charge in [0.25, 0.3) is 0 Å². The van der Waals surface area contributed by atoms with E-state index in [1.807, 2.05) is 6.92 Å². The molecule has 1 unspecified atom stereocenters. The van der Waals surface area contributed by atoms with Crippen LogP contribution in [0.4, 0.5) is 0 Å². The molecule has 0 radical (unpaired) electrons. The maximum absolute atomic E-state index is 10.3. The van der Waals surface area contributed by atoms with Gasteiger partial charge in [-0.05, 0) is 12.8 Å². The first-order valence-corrected chi connectivity index (χ1v) is 6.16. The number of phosphoric ester groups is 1. The molecule has 0 aliphatic heterocycles. The first-order chi connectivity index (χ1) is 5.99. The zero-order valence-electron chi connectivity index (χ0n) is 10.2. The van der Waals surface area contributed by atoms with Crippen molar-refractivity contribution in [3.05, 3.63) is 0 Å². The van der Waals surface area contributed by atoms with Crippen molar-refractivity contribution < 1.29 is 78.0 Å². The van der Waals surface area contributed by atoms with Gasteiger partial charge in [0, 0.05) is 0 Å². The average Bonchev–Trinajstić information content (AvgIpc) is 2.01. The summed E-state index contributed by atoms with van der Waals surface area (Å²) in [4.78, 5) is 20.6. The summed E-state index contributed by atoms with van der Waals surface area (Å²) in [7, 11) is -4.79. The van der Waals surface area contributed by atoms with Crippen LogP contribution in [-0.4, -0.2) is 6.10 Å². The Kier molecular flexibility index (Phi) is 18.7. The van der Waals surface area contributed by atoms with E-state index in [-0.39, 0.29) is 59.1 Å². The van der Waals surface area contributed by atoms with Gasteiger partial charge in [0.15, 0.2) is 0 Å². The normalized spacial score (nSPS) is 12.5. The molecule has 7 heteroatoms. The predicted molar refractivity (Wildman–Crippen MR) is 46.9 cm³/mol. The molecule has 0 rings (SSSR count). The van der Waals surface area contributed by atoms with Crippen LogP contribution in [0.2, 0.25) is 0 Å². The fraction of sp³-hybridized carbons (Fsp3) is 1.00. The van der Waals surface area contributed by atoms with Gasteiger partial charge in [-0.15, -0.1) is 0 Å². The quantitative estimate of drug-likeness (QED) is 0.260. The summed E-state index contributed by atoms with van der Waals surface area (Å²) in [5.41, 5.74) is 0. The van der Waals surface area contributed by atoms with E-state index in [9.17, 15) is 14.4 Å². The van der Waals surface area contributed by atoms with Crippen molar-refractivity contribution in [3.8, 4) is 0 Å². The molecule has 0 bridgehead atoms. The third-order valence-electron chi connectivity index (χ3n) is 1.86. The van der Waals surface area contributed by atoms with Crippen molar-refractivity contribution in [3.63, 3.8) is 0 Å². The van der Waals surface area contributed by atoms with Crippen LogP contribution >= 0.6 is 7.82 Å². The standard InChI is InChI=1S/C8H19O4P.2Na/c1-3-5-6-7-8(4-2)12-13(9,10)11;;/h8H,3-7H2,1-2H3,(H2,9,10,11);;/q;2*+1/p-2. The van der Waals surface area contributed by atoms with Gasteiger partial charge in [0.05, 0.1) is 13.9 Å². The summed E-state index contributed by atoms with van der Waals surface area (Å²) in [6.45, 7) is 3.88. The van der Waals surface area contributed by atoms with E-state index in [2.05, 4.69) is 11.4 Å². The Hall–Kier alpha value is 2.11. The van der Waals surface area contributed by atoms with Crippen LogP contribution in [0, 0.1) is 0 Å². The first kappa shape index (κ1) is 22.3. The molecule has 0 heterocycles. The van der Waals surface area contributed by atoms with Crippen LogP contribution in [0.5, 0.6) is 0 Å². The van der Waals surface area contributed by atoms with E-state index >= 15 is 0 Å². The second-order valence-electron chi connectivity index (χ2n) is 3.08. The number of phosphoric acid groups is 1. The van der Waals surface area contributed by atoms with E-state index in [0.29, 0.717) is 12.8 Å². The molecular weight excluding hydrogens is 237 g/mol. The summed E-state index contributed by atoms with van der Waals surface area (Å²) in [6.07, 6.45) is 3.82. The smallest absolute Gasteiger partial charge is 0.790 e. The Balaban J connectivity index is -0.000000720. The largest absolute Gasteiger partial charge is 1.00 e. The molecule has 80 valence electrons. The monoisotopic (exact) mass is 254 g/mol. The van der Waals surface area contributed by atoms with Crippen LogP contribution in [0.25, 0.3) is 0 Å². The SMILES string of the molecule is CCCCCC(CC)OP(=O)([O-])[O-].[Na+].[Na+]. The molecule has 0 aromatic heterocycles. The van der Waals surface area contributed by atoms with Gasteiger partial charge in [-0.1, -0.05) is 33.1 Å². The molecule has 0 fully saturated rings. The van der Waals surface area contributed by atoms with E-state index in [4.69, 9.17) is 0 Å². The van der Waals surface area contributed by atoms with Crippen molar-refractivity contribution in [1.82, 2.24) is 0 Å².